The van der Waals surface area contributed by atoms with Crippen LogP contribution in [-0.4, -0.2) is 12.6 Å². The fraction of sp³-hybridized carbons (Fsp3) is 0.759. The Bertz CT molecular complexity index is 619. The van der Waals surface area contributed by atoms with Crippen molar-refractivity contribution in [2.45, 2.75) is 110 Å². The Hall–Kier alpha value is -1.31. The summed E-state index contributed by atoms with van der Waals surface area (Å²) in [7, 11) is 0. The normalized spacial score (nSPS) is 26.5. The van der Waals surface area contributed by atoms with Crippen LogP contribution in [0.25, 0.3) is 0 Å². The zero-order chi connectivity index (χ0) is 21.9. The standard InChI is InChI=1S/C29H46O2/c1-3-5-6-7-23-10-16-26(17-11-23)27-18-12-24(13-19-27)8-9-25-14-20-28(21-15-25)29(30)31-22-4-2/h14-15,20-21,23-24,26-27H,3-13,16-19,22H2,1-2H3/t23-,24?,26-,27?. The minimum atomic E-state index is -0.193. The molecule has 31 heavy (non-hydrogen) atoms. The second kappa shape index (κ2) is 13.3. The monoisotopic (exact) mass is 426 g/mol. The maximum Gasteiger partial charge on any atom is 0.338 e. The van der Waals surface area contributed by atoms with Crippen molar-refractivity contribution >= 4 is 5.97 Å². The summed E-state index contributed by atoms with van der Waals surface area (Å²) in [6.45, 7) is 4.84. The molecule has 0 atom stereocenters. The third-order valence-electron chi connectivity index (χ3n) is 8.13. The fourth-order valence-electron chi connectivity index (χ4n) is 6.04. The van der Waals surface area contributed by atoms with Crippen molar-refractivity contribution in [2.75, 3.05) is 6.61 Å². The number of ether oxygens (including phenoxy) is 1. The molecule has 0 spiro atoms. The Balaban J connectivity index is 1.32. The molecule has 2 heteroatoms. The largest absolute Gasteiger partial charge is 0.462 e. The molecule has 1 aromatic carbocycles. The molecule has 1 aromatic rings. The highest BCUT2D eigenvalue weighted by atomic mass is 16.5. The van der Waals surface area contributed by atoms with E-state index in [1.807, 2.05) is 19.1 Å². The van der Waals surface area contributed by atoms with Crippen molar-refractivity contribution in [1.82, 2.24) is 0 Å². The van der Waals surface area contributed by atoms with E-state index in [0.29, 0.717) is 12.2 Å². The van der Waals surface area contributed by atoms with Crippen LogP contribution in [0.15, 0.2) is 24.3 Å². The minimum absolute atomic E-state index is 0.193. The molecule has 3 rings (SSSR count). The van der Waals surface area contributed by atoms with Crippen LogP contribution < -0.4 is 0 Å². The molecule has 2 fully saturated rings. The number of rotatable bonds is 11. The molecule has 0 N–H and O–H groups in total. The molecule has 0 bridgehead atoms. The van der Waals surface area contributed by atoms with E-state index in [9.17, 15) is 4.79 Å². The summed E-state index contributed by atoms with van der Waals surface area (Å²) in [6.07, 6.45) is 20.9. The van der Waals surface area contributed by atoms with E-state index in [1.165, 1.54) is 89.0 Å². The van der Waals surface area contributed by atoms with Crippen LogP contribution in [0.1, 0.15) is 120 Å². The number of unbranched alkanes of at least 4 members (excludes halogenated alkanes) is 2. The topological polar surface area (TPSA) is 26.3 Å². The molecule has 0 aromatic heterocycles. The molecule has 2 aliphatic rings. The number of aryl methyl sites for hydroxylation is 1. The van der Waals surface area contributed by atoms with Crippen LogP contribution in [0.5, 0.6) is 0 Å². The first-order valence-corrected chi connectivity index (χ1v) is 13.5. The van der Waals surface area contributed by atoms with Gasteiger partial charge in [0, 0.05) is 0 Å². The molecule has 0 aliphatic heterocycles. The zero-order valence-electron chi connectivity index (χ0n) is 20.2. The molecule has 0 unspecified atom stereocenters. The predicted molar refractivity (Wildman–Crippen MR) is 130 cm³/mol. The van der Waals surface area contributed by atoms with Crippen LogP contribution >= 0.6 is 0 Å². The molecule has 0 saturated heterocycles. The molecule has 2 aliphatic carbocycles. The summed E-state index contributed by atoms with van der Waals surface area (Å²) in [5, 5.41) is 0. The van der Waals surface area contributed by atoms with Gasteiger partial charge in [0.2, 0.25) is 0 Å². The lowest BCUT2D eigenvalue weighted by Crippen LogP contribution is -2.26. The summed E-state index contributed by atoms with van der Waals surface area (Å²) in [5.41, 5.74) is 2.04. The number of esters is 1. The summed E-state index contributed by atoms with van der Waals surface area (Å²) >= 11 is 0. The van der Waals surface area contributed by atoms with Gasteiger partial charge < -0.3 is 4.74 Å². The highest BCUT2D eigenvalue weighted by Gasteiger charge is 2.30. The van der Waals surface area contributed by atoms with Gasteiger partial charge in [-0.3, -0.25) is 0 Å². The summed E-state index contributed by atoms with van der Waals surface area (Å²) in [6, 6.07) is 8.10. The first kappa shape index (κ1) is 24.3. The fourth-order valence-corrected chi connectivity index (χ4v) is 6.04. The number of carbonyl (C=O) groups is 1. The second-order valence-electron chi connectivity index (χ2n) is 10.4. The van der Waals surface area contributed by atoms with Crippen molar-refractivity contribution in [3.05, 3.63) is 35.4 Å². The molecule has 0 radical (unpaired) electrons. The first-order chi connectivity index (χ1) is 15.2. The maximum atomic E-state index is 11.9. The van der Waals surface area contributed by atoms with E-state index in [4.69, 9.17) is 4.74 Å². The van der Waals surface area contributed by atoms with Crippen molar-refractivity contribution < 1.29 is 9.53 Å². The Morgan fingerprint density at radius 2 is 1.35 bits per heavy atom. The van der Waals surface area contributed by atoms with Gasteiger partial charge in [0.1, 0.15) is 0 Å². The van der Waals surface area contributed by atoms with Gasteiger partial charge >= 0.3 is 5.97 Å². The molecule has 0 heterocycles. The number of carbonyl (C=O) groups excluding carboxylic acids is 1. The van der Waals surface area contributed by atoms with Gasteiger partial charge in [0.15, 0.2) is 0 Å². The van der Waals surface area contributed by atoms with E-state index < -0.39 is 0 Å². The number of hydrogen-bond acceptors (Lipinski definition) is 2. The van der Waals surface area contributed by atoms with Crippen LogP contribution in [-0.2, 0) is 11.2 Å². The van der Waals surface area contributed by atoms with Gasteiger partial charge in [0.05, 0.1) is 12.2 Å². The lowest BCUT2D eigenvalue weighted by Gasteiger charge is -2.38. The lowest BCUT2D eigenvalue weighted by atomic mass is 9.68. The van der Waals surface area contributed by atoms with Crippen molar-refractivity contribution in [1.29, 1.82) is 0 Å². The SMILES string of the molecule is CCCCC[C@H]1CC[C@H](C2CCC(CCc3ccc(C(=O)OCCC)cc3)CC2)CC1. The highest BCUT2D eigenvalue weighted by Crippen LogP contribution is 2.43. The predicted octanol–water partition coefficient (Wildman–Crippen LogP) is 8.38. The van der Waals surface area contributed by atoms with Crippen LogP contribution in [0.2, 0.25) is 0 Å². The summed E-state index contributed by atoms with van der Waals surface area (Å²) in [5.74, 6) is 3.79. The summed E-state index contributed by atoms with van der Waals surface area (Å²) in [4.78, 5) is 11.9. The molecule has 2 nitrogen and oxygen atoms in total. The molecule has 2 saturated carbocycles. The average Bonchev–Trinajstić information content (AvgIpc) is 2.82. The Morgan fingerprint density at radius 1 is 0.774 bits per heavy atom. The van der Waals surface area contributed by atoms with Crippen LogP contribution in [0, 0.1) is 23.7 Å². The van der Waals surface area contributed by atoms with Gasteiger partial charge in [-0.2, -0.15) is 0 Å². The lowest BCUT2D eigenvalue weighted by molar-refractivity contribution is 0.0505. The van der Waals surface area contributed by atoms with E-state index in [1.54, 1.807) is 0 Å². The second-order valence-corrected chi connectivity index (χ2v) is 10.4. The van der Waals surface area contributed by atoms with E-state index in [-0.39, 0.29) is 5.97 Å². The van der Waals surface area contributed by atoms with Crippen LogP contribution in [0.3, 0.4) is 0 Å². The number of benzene rings is 1. The molecule has 174 valence electrons. The number of hydrogen-bond donors (Lipinski definition) is 0. The van der Waals surface area contributed by atoms with Gasteiger partial charge in [0.25, 0.3) is 0 Å². The van der Waals surface area contributed by atoms with Crippen molar-refractivity contribution in [2.24, 2.45) is 23.7 Å². The summed E-state index contributed by atoms with van der Waals surface area (Å²) < 4.78 is 5.22. The average molecular weight is 427 g/mol. The first-order valence-electron chi connectivity index (χ1n) is 13.5. The molecular formula is C29H46O2. The Labute approximate surface area is 191 Å². The quantitative estimate of drug-likeness (QED) is 0.262. The molecule has 0 amide bonds. The Kier molecular flexibility index (Phi) is 10.4. The van der Waals surface area contributed by atoms with Crippen molar-refractivity contribution in [3.63, 3.8) is 0 Å². The third-order valence-corrected chi connectivity index (χ3v) is 8.13. The Morgan fingerprint density at radius 3 is 1.90 bits per heavy atom. The van der Waals surface area contributed by atoms with E-state index in [0.717, 1.165) is 36.5 Å². The zero-order valence-corrected chi connectivity index (χ0v) is 20.2. The highest BCUT2D eigenvalue weighted by molar-refractivity contribution is 5.89. The van der Waals surface area contributed by atoms with E-state index >= 15 is 0 Å². The maximum absolute atomic E-state index is 11.9. The van der Waals surface area contributed by atoms with Crippen LogP contribution in [0.4, 0.5) is 0 Å². The minimum Gasteiger partial charge on any atom is -0.462 e. The van der Waals surface area contributed by atoms with Gasteiger partial charge in [-0.05, 0) is 86.3 Å². The van der Waals surface area contributed by atoms with E-state index in [2.05, 4.69) is 19.1 Å². The smallest absolute Gasteiger partial charge is 0.338 e. The van der Waals surface area contributed by atoms with Gasteiger partial charge in [-0.25, -0.2) is 4.79 Å². The molecular weight excluding hydrogens is 380 g/mol. The van der Waals surface area contributed by atoms with Gasteiger partial charge in [-0.1, -0.05) is 77.3 Å². The third kappa shape index (κ3) is 7.95. The van der Waals surface area contributed by atoms with Gasteiger partial charge in [-0.15, -0.1) is 0 Å². The van der Waals surface area contributed by atoms with Crippen molar-refractivity contribution in [3.8, 4) is 0 Å².